The summed E-state index contributed by atoms with van der Waals surface area (Å²) < 4.78 is 69.5. The average molecular weight is 1350 g/mol. The van der Waals surface area contributed by atoms with E-state index in [1.807, 2.05) is 6.92 Å². The molecule has 4 aliphatic rings. The van der Waals surface area contributed by atoms with E-state index < -0.39 is 35.1 Å². The minimum absolute atomic E-state index is 0.0253. The summed E-state index contributed by atoms with van der Waals surface area (Å²) >= 11 is 0. The largest absolute Gasteiger partial charge is 0.510 e. The maximum absolute atomic E-state index is 14.1. The maximum Gasteiger partial charge on any atom is 0.510 e. The lowest BCUT2D eigenvalue weighted by Gasteiger charge is -2.35. The molecule has 6 heterocycles. The first-order valence-electron chi connectivity index (χ1n) is 32.7. The molecule has 5 amide bonds. The highest BCUT2D eigenvalue weighted by molar-refractivity contribution is 6.12. The molecule has 0 spiro atoms. The first kappa shape index (κ1) is 72.7. The lowest BCUT2D eigenvalue weighted by atomic mass is 9.81. The first-order valence-corrected chi connectivity index (χ1v) is 32.7. The second kappa shape index (κ2) is 37.2. The number of fused-ring (bicyclic) bond motifs is 5. The molecule has 0 unspecified atom stereocenters. The number of amides is 5. The number of nitrogens with zero attached hydrogens (tertiary/aromatic N) is 6. The number of pyridine rings is 2. The van der Waals surface area contributed by atoms with Gasteiger partial charge in [-0.25, -0.2) is 19.3 Å². The van der Waals surface area contributed by atoms with Crippen molar-refractivity contribution < 1.29 is 95.5 Å². The fourth-order valence-electron chi connectivity index (χ4n) is 11.6. The highest BCUT2D eigenvalue weighted by Gasteiger charge is 2.51. The summed E-state index contributed by atoms with van der Waals surface area (Å²) in [6.45, 7) is 10.3. The number of aromatic hydroxyl groups is 1. The molecule has 97 heavy (non-hydrogen) atoms. The first-order chi connectivity index (χ1) is 47.2. The van der Waals surface area contributed by atoms with Gasteiger partial charge in [-0.2, -0.15) is 0 Å². The van der Waals surface area contributed by atoms with Gasteiger partial charge >= 0.3 is 12.1 Å². The monoisotopic (exact) mass is 1350 g/mol. The second-order valence-corrected chi connectivity index (χ2v) is 23.2. The molecule has 1 atom stereocenters. The molecule has 1 aliphatic carbocycles. The van der Waals surface area contributed by atoms with E-state index in [1.54, 1.807) is 70.9 Å². The quantitative estimate of drug-likeness (QED) is 0.0242. The topological polar surface area (TPSA) is 355 Å². The van der Waals surface area contributed by atoms with Gasteiger partial charge in [-0.15, -0.1) is 5.10 Å². The predicted octanol–water partition coefficient (Wildman–Crippen LogP) is 3.55. The fraction of sp³-hybridized carbons (Fsp3) is 0.537. The molecule has 0 saturated heterocycles. The zero-order chi connectivity index (χ0) is 68.4. The normalized spacial score (nSPS) is 17.1. The van der Waals surface area contributed by atoms with Gasteiger partial charge in [-0.1, -0.05) is 31.2 Å². The number of aromatic nitrogens is 5. The molecule has 3 aromatic heterocycles. The van der Waals surface area contributed by atoms with Gasteiger partial charge in [0.25, 0.3) is 17.4 Å². The Hall–Kier alpha value is -8.59. The predicted molar refractivity (Wildman–Crippen MR) is 343 cm³/mol. The number of phenols is 1. The Morgan fingerprint density at radius 2 is 1.30 bits per heavy atom. The number of phenolic OH excluding ortho intramolecular Hbond substituents is 1. The number of benzene rings is 2. The third-order valence-electron chi connectivity index (χ3n) is 16.7. The maximum atomic E-state index is 14.1. The molecule has 9 rings (SSSR count). The van der Waals surface area contributed by atoms with Crippen LogP contribution in [0.4, 0.5) is 10.5 Å². The van der Waals surface area contributed by atoms with E-state index >= 15 is 0 Å². The van der Waals surface area contributed by atoms with Crippen molar-refractivity contribution in [2.75, 3.05) is 137 Å². The molecule has 0 radical (unpaired) electrons. The van der Waals surface area contributed by atoms with Crippen molar-refractivity contribution in [2.24, 2.45) is 11.8 Å². The fourth-order valence-corrected chi connectivity index (χ4v) is 11.6. The molecule has 3 aliphatic heterocycles. The van der Waals surface area contributed by atoms with Gasteiger partial charge in [-0.05, 0) is 92.0 Å². The van der Waals surface area contributed by atoms with Gasteiger partial charge in [0.2, 0.25) is 23.3 Å². The Kier molecular flexibility index (Phi) is 27.9. The molecule has 1 fully saturated rings. The number of hydrogen-bond acceptors (Lipinski definition) is 24. The number of carbonyl (C=O) groups is 7. The van der Waals surface area contributed by atoms with Crippen LogP contribution in [0.5, 0.6) is 5.75 Å². The number of anilines is 1. The van der Waals surface area contributed by atoms with Crippen LogP contribution in [-0.2, 0) is 130 Å². The molecule has 2 aromatic carbocycles. The Balaban J connectivity index is 0.505. The third kappa shape index (κ3) is 20.7. The molecule has 524 valence electrons. The molecule has 0 bridgehead atoms. The number of ether oxygens (including phenoxy) is 12. The minimum Gasteiger partial charge on any atom is -0.508 e. The Morgan fingerprint density at radius 1 is 0.691 bits per heavy atom. The van der Waals surface area contributed by atoms with Gasteiger partial charge < -0.3 is 82.5 Å². The lowest BCUT2D eigenvalue weighted by molar-refractivity contribution is -0.175. The number of hydrogen-bond donors (Lipinski definition) is 4. The number of esters is 1. The van der Waals surface area contributed by atoms with Crippen LogP contribution in [0.3, 0.4) is 0 Å². The Labute approximate surface area is 559 Å². The number of imide groups is 1. The van der Waals surface area contributed by atoms with Crippen molar-refractivity contribution in [3.05, 3.63) is 111 Å². The van der Waals surface area contributed by atoms with E-state index in [0.29, 0.717) is 165 Å². The van der Waals surface area contributed by atoms with Crippen molar-refractivity contribution in [1.29, 1.82) is 0 Å². The van der Waals surface area contributed by atoms with E-state index in [-0.39, 0.29) is 106 Å². The molecular formula is C67H85N9O21. The lowest BCUT2D eigenvalue weighted by Crippen LogP contribution is -2.47. The van der Waals surface area contributed by atoms with Gasteiger partial charge in [0.15, 0.2) is 0 Å². The van der Waals surface area contributed by atoms with Crippen molar-refractivity contribution in [3.63, 3.8) is 0 Å². The molecule has 5 aromatic rings. The van der Waals surface area contributed by atoms with E-state index in [2.05, 4.69) is 26.3 Å². The van der Waals surface area contributed by atoms with Crippen molar-refractivity contribution in [2.45, 2.75) is 90.8 Å². The number of carbonyl (C=O) groups excluding carboxylic acids is 7. The van der Waals surface area contributed by atoms with Gasteiger partial charge in [0, 0.05) is 53.4 Å². The van der Waals surface area contributed by atoms with Crippen LogP contribution >= 0.6 is 0 Å². The molecule has 30 heteroatoms. The summed E-state index contributed by atoms with van der Waals surface area (Å²) in [5, 5.41) is 27.5. The number of aryl methyl sites for hydroxylation is 1. The molecular weight excluding hydrogens is 1270 g/mol. The SMILES string of the molecule is CCc1c2c(nc3ccc(O)cc13)-c1cc3c(c(=O)n1C2)COC(=O)[C@@]3(CC)OC(=O)OCc1ccc(NC(=O)COCC(=O)NCCOCCOCCOCCOCCOCCOCCOCCOCCn2cc(CNC(=O)C3CCC(CN4C(=O)C=CC4=O)CC3)nn2)cc1. The third-order valence-corrected chi connectivity index (χ3v) is 16.7. The zero-order valence-corrected chi connectivity index (χ0v) is 54.7. The van der Waals surface area contributed by atoms with E-state index in [9.17, 15) is 43.5 Å². The summed E-state index contributed by atoms with van der Waals surface area (Å²) in [4.78, 5) is 108. The van der Waals surface area contributed by atoms with Crippen LogP contribution in [0.15, 0.2) is 71.7 Å². The average Bonchev–Trinajstić information content (AvgIpc) is 1.64. The van der Waals surface area contributed by atoms with Gasteiger partial charge in [0.05, 0.1) is 154 Å². The van der Waals surface area contributed by atoms with Crippen LogP contribution < -0.4 is 21.5 Å². The van der Waals surface area contributed by atoms with Gasteiger partial charge in [-0.3, -0.25) is 33.7 Å². The van der Waals surface area contributed by atoms with Gasteiger partial charge in [0.1, 0.15) is 37.9 Å². The number of rotatable bonds is 42. The van der Waals surface area contributed by atoms with E-state index in [0.717, 1.165) is 29.4 Å². The Morgan fingerprint density at radius 3 is 1.92 bits per heavy atom. The van der Waals surface area contributed by atoms with Crippen LogP contribution in [-0.4, -0.2) is 208 Å². The smallest absolute Gasteiger partial charge is 0.508 e. The summed E-state index contributed by atoms with van der Waals surface area (Å²) in [6, 6.07) is 13.0. The summed E-state index contributed by atoms with van der Waals surface area (Å²) in [5.74, 6) is -2.13. The molecule has 1 saturated carbocycles. The van der Waals surface area contributed by atoms with Crippen LogP contribution in [0.1, 0.15) is 79.5 Å². The summed E-state index contributed by atoms with van der Waals surface area (Å²) in [5.41, 5.74) is 3.02. The highest BCUT2D eigenvalue weighted by atomic mass is 16.7. The number of nitrogens with one attached hydrogen (secondary N) is 3. The van der Waals surface area contributed by atoms with Crippen molar-refractivity contribution in [3.8, 4) is 17.1 Å². The van der Waals surface area contributed by atoms with Crippen molar-refractivity contribution in [1.82, 2.24) is 40.1 Å². The second-order valence-electron chi connectivity index (χ2n) is 23.2. The van der Waals surface area contributed by atoms with Crippen molar-refractivity contribution >= 4 is 58.3 Å². The zero-order valence-electron chi connectivity index (χ0n) is 54.7. The van der Waals surface area contributed by atoms with E-state index in [1.165, 1.54) is 17.1 Å². The summed E-state index contributed by atoms with van der Waals surface area (Å²) in [6.07, 6.45) is 6.76. The highest BCUT2D eigenvalue weighted by Crippen LogP contribution is 2.43. The van der Waals surface area contributed by atoms with Crippen LogP contribution in [0.25, 0.3) is 22.3 Å². The summed E-state index contributed by atoms with van der Waals surface area (Å²) in [7, 11) is 0. The number of cyclic esters (lactones) is 1. The minimum atomic E-state index is -1.98. The standard InChI is InChI=1S/C67H85N9O21/c1-3-51-52-35-50(77)13-14-56(52)71-62-53(51)40-75-57(62)36-55-54(64(75)83)42-95-65(84)67(55,4-2)97-66(85)96-41-46-7-11-48(12-8-46)70-59(79)44-94-43-58(78)68-17-19-86-21-23-88-25-27-90-29-31-92-33-34-93-32-30-91-28-26-89-24-22-87-20-18-74-39-49(72-73-74)37-69-63(82)47-9-5-45(6-10-47)38-76-60(80)15-16-61(76)81/h7-8,11-16,35-36,39,45,47,77H,3-6,9-10,17-34,37-38,40-44H2,1-2H3,(H,68,78)(H,69,82)(H,70,79)/t45?,47?,67-/m0/s1. The van der Waals surface area contributed by atoms with Crippen LogP contribution in [0.2, 0.25) is 0 Å². The molecule has 30 nitrogen and oxygen atoms in total. The van der Waals surface area contributed by atoms with E-state index in [4.69, 9.17) is 61.8 Å². The van der Waals surface area contributed by atoms with Crippen LogP contribution in [0, 0.1) is 11.8 Å². The Bertz CT molecular complexity index is 3570. The molecule has 4 N–H and O–H groups in total.